The Morgan fingerprint density at radius 1 is 1.27 bits per heavy atom. The van der Waals surface area contributed by atoms with Gasteiger partial charge in [-0.2, -0.15) is 0 Å². The van der Waals surface area contributed by atoms with Crippen molar-refractivity contribution < 1.29 is 9.30 Å². The number of rotatable bonds is 4. The van der Waals surface area contributed by atoms with Crippen molar-refractivity contribution in [3.63, 3.8) is 0 Å². The third kappa shape index (κ3) is 3.26. The fraction of sp³-hybridized carbons (Fsp3) is 0.250. The molecule has 0 N–H and O–H groups in total. The minimum absolute atomic E-state index is 0.0430. The summed E-state index contributed by atoms with van der Waals surface area (Å²) in [6, 6.07) is 9.81. The monoisotopic (exact) mass is 168 g/mol. The molecule has 0 heterocycles. The maximum atomic E-state index is 9.97. The second kappa shape index (κ2) is 5.00. The molecule has 0 amide bonds. The summed E-state index contributed by atoms with van der Waals surface area (Å²) in [5.41, 5.74) is 1.11. The molecule has 0 unspecified atom stereocenters. The zero-order valence-corrected chi connectivity index (χ0v) is 6.96. The van der Waals surface area contributed by atoms with Gasteiger partial charge < -0.3 is 4.74 Å². The molecule has 3 heteroatoms. The summed E-state index contributed by atoms with van der Waals surface area (Å²) in [7, 11) is 0.0430. The van der Waals surface area contributed by atoms with E-state index in [2.05, 4.69) is 0 Å². The van der Waals surface area contributed by atoms with Crippen molar-refractivity contribution >= 4 is 8.46 Å². The number of benzene rings is 1. The third-order valence-electron chi connectivity index (χ3n) is 1.26. The normalized spacial score (nSPS) is 10.2. The molecule has 0 radical (unpaired) electrons. The van der Waals surface area contributed by atoms with Crippen LogP contribution in [-0.4, -0.2) is 6.35 Å². The first-order valence-corrected chi connectivity index (χ1v) is 4.34. The van der Waals surface area contributed by atoms with Crippen LogP contribution in [0.2, 0.25) is 0 Å². The van der Waals surface area contributed by atoms with E-state index in [4.69, 9.17) is 4.74 Å². The third-order valence-corrected chi connectivity index (χ3v) is 1.54. The standard InChI is InChI=1S/C8H9O2P/c9-11-7-10-6-8-4-2-1-3-5-8/h1-5H,6-7H2. The van der Waals surface area contributed by atoms with Crippen LogP contribution in [0.15, 0.2) is 30.3 Å². The highest BCUT2D eigenvalue weighted by atomic mass is 31.1. The Kier molecular flexibility index (Phi) is 3.81. The predicted octanol–water partition coefficient (Wildman–Crippen LogP) is 2.45. The van der Waals surface area contributed by atoms with E-state index < -0.39 is 0 Å². The fourth-order valence-corrected chi connectivity index (χ4v) is 0.941. The van der Waals surface area contributed by atoms with Crippen LogP contribution in [-0.2, 0) is 15.9 Å². The molecular formula is C8H9O2P. The maximum absolute atomic E-state index is 9.97. The number of hydrogen-bond donors (Lipinski definition) is 0. The predicted molar refractivity (Wildman–Crippen MR) is 43.7 cm³/mol. The van der Waals surface area contributed by atoms with E-state index in [1.54, 1.807) is 0 Å². The lowest BCUT2D eigenvalue weighted by molar-refractivity contribution is 0.166. The van der Waals surface area contributed by atoms with E-state index in [9.17, 15) is 4.57 Å². The Morgan fingerprint density at radius 2 is 2.00 bits per heavy atom. The average molecular weight is 168 g/mol. The second-order valence-electron chi connectivity index (χ2n) is 2.09. The lowest BCUT2D eigenvalue weighted by Crippen LogP contribution is -1.88. The van der Waals surface area contributed by atoms with Gasteiger partial charge in [0.1, 0.15) is 6.35 Å². The molecule has 0 aliphatic heterocycles. The first-order chi connectivity index (χ1) is 5.43. The SMILES string of the molecule is O=PCOCc1ccccc1. The van der Waals surface area contributed by atoms with Crippen molar-refractivity contribution in [3.8, 4) is 0 Å². The van der Waals surface area contributed by atoms with Gasteiger partial charge in [0.2, 0.25) is 0 Å². The van der Waals surface area contributed by atoms with Crippen molar-refractivity contribution in [1.82, 2.24) is 0 Å². The van der Waals surface area contributed by atoms with Crippen LogP contribution >= 0.6 is 8.46 Å². The zero-order chi connectivity index (χ0) is 7.94. The highest BCUT2D eigenvalue weighted by molar-refractivity contribution is 7.23. The summed E-state index contributed by atoms with van der Waals surface area (Å²) in [6.45, 7) is 0.538. The molecule has 2 nitrogen and oxygen atoms in total. The smallest absolute Gasteiger partial charge is 0.183 e. The van der Waals surface area contributed by atoms with Crippen LogP contribution in [0.1, 0.15) is 5.56 Å². The van der Waals surface area contributed by atoms with Crippen LogP contribution in [0.5, 0.6) is 0 Å². The van der Waals surface area contributed by atoms with Crippen LogP contribution in [0.25, 0.3) is 0 Å². The Labute approximate surface area is 67.4 Å². The van der Waals surface area contributed by atoms with Crippen molar-refractivity contribution in [2.45, 2.75) is 6.61 Å². The zero-order valence-electron chi connectivity index (χ0n) is 6.06. The second-order valence-corrected chi connectivity index (χ2v) is 2.61. The largest absolute Gasteiger partial charge is 0.365 e. The first kappa shape index (κ1) is 8.38. The quantitative estimate of drug-likeness (QED) is 0.509. The topological polar surface area (TPSA) is 26.3 Å². The van der Waals surface area contributed by atoms with Gasteiger partial charge in [0.15, 0.2) is 8.46 Å². The average Bonchev–Trinajstić information content (AvgIpc) is 2.07. The van der Waals surface area contributed by atoms with Crippen LogP contribution < -0.4 is 0 Å². The van der Waals surface area contributed by atoms with E-state index >= 15 is 0 Å². The molecule has 1 aromatic carbocycles. The van der Waals surface area contributed by atoms with Gasteiger partial charge in [-0.15, -0.1) is 0 Å². The first-order valence-electron chi connectivity index (χ1n) is 3.34. The highest BCUT2D eigenvalue weighted by Crippen LogP contribution is 2.02. The molecule has 0 saturated heterocycles. The Balaban J connectivity index is 2.33. The molecule has 11 heavy (non-hydrogen) atoms. The molecule has 58 valence electrons. The van der Waals surface area contributed by atoms with Crippen LogP contribution in [0, 0.1) is 0 Å². The fourth-order valence-electron chi connectivity index (χ4n) is 0.775. The summed E-state index contributed by atoms with van der Waals surface area (Å²) in [5, 5.41) is 0. The Bertz CT molecular complexity index is 211. The van der Waals surface area contributed by atoms with E-state index in [1.165, 1.54) is 0 Å². The van der Waals surface area contributed by atoms with Crippen molar-refractivity contribution in [2.75, 3.05) is 6.35 Å². The summed E-state index contributed by atoms with van der Waals surface area (Å²) >= 11 is 0. The van der Waals surface area contributed by atoms with Crippen molar-refractivity contribution in [3.05, 3.63) is 35.9 Å². The molecule has 0 aliphatic rings. The molecule has 0 spiro atoms. The number of ether oxygens (including phenoxy) is 1. The lowest BCUT2D eigenvalue weighted by atomic mass is 10.2. The maximum Gasteiger partial charge on any atom is 0.183 e. The van der Waals surface area contributed by atoms with Gasteiger partial charge in [-0.05, 0) is 5.56 Å². The highest BCUT2D eigenvalue weighted by Gasteiger charge is 1.89. The van der Waals surface area contributed by atoms with E-state index in [0.717, 1.165) is 5.56 Å². The van der Waals surface area contributed by atoms with E-state index in [-0.39, 0.29) is 14.8 Å². The molecule has 0 fully saturated rings. The van der Waals surface area contributed by atoms with Crippen molar-refractivity contribution in [1.29, 1.82) is 0 Å². The minimum atomic E-state index is 0.0430. The van der Waals surface area contributed by atoms with Crippen LogP contribution in [0.3, 0.4) is 0 Å². The van der Waals surface area contributed by atoms with Gasteiger partial charge in [0.05, 0.1) is 6.61 Å². The summed E-state index contributed by atoms with van der Waals surface area (Å²) in [4.78, 5) is 0. The van der Waals surface area contributed by atoms with E-state index in [0.29, 0.717) is 6.61 Å². The Hall–Kier alpha value is -0.720. The van der Waals surface area contributed by atoms with Gasteiger partial charge in [-0.3, -0.25) is 4.57 Å². The summed E-state index contributed by atoms with van der Waals surface area (Å²) < 4.78 is 15.0. The van der Waals surface area contributed by atoms with Crippen molar-refractivity contribution in [2.24, 2.45) is 0 Å². The molecule has 1 rings (SSSR count). The molecule has 0 bridgehead atoms. The molecule has 0 atom stereocenters. The summed E-state index contributed by atoms with van der Waals surface area (Å²) in [6.07, 6.45) is 0.273. The number of hydrogen-bond acceptors (Lipinski definition) is 2. The summed E-state index contributed by atoms with van der Waals surface area (Å²) in [5.74, 6) is 0. The minimum Gasteiger partial charge on any atom is -0.365 e. The molecule has 0 aliphatic carbocycles. The van der Waals surface area contributed by atoms with Gasteiger partial charge in [0, 0.05) is 0 Å². The molecule has 0 saturated carbocycles. The van der Waals surface area contributed by atoms with Gasteiger partial charge in [0.25, 0.3) is 0 Å². The van der Waals surface area contributed by atoms with Gasteiger partial charge in [-0.25, -0.2) is 0 Å². The van der Waals surface area contributed by atoms with E-state index in [1.807, 2.05) is 30.3 Å². The molecular weight excluding hydrogens is 159 g/mol. The molecule has 0 aromatic heterocycles. The molecule has 1 aromatic rings. The van der Waals surface area contributed by atoms with Gasteiger partial charge >= 0.3 is 0 Å². The lowest BCUT2D eigenvalue weighted by Gasteiger charge is -1.97. The van der Waals surface area contributed by atoms with Crippen LogP contribution in [0.4, 0.5) is 0 Å². The van der Waals surface area contributed by atoms with Gasteiger partial charge in [-0.1, -0.05) is 30.3 Å². The Morgan fingerprint density at radius 3 is 2.64 bits per heavy atom.